The molecule has 0 aliphatic carbocycles. The van der Waals surface area contributed by atoms with Crippen molar-refractivity contribution in [1.82, 2.24) is 0 Å². The van der Waals surface area contributed by atoms with Crippen LogP contribution >= 0.6 is 0 Å². The van der Waals surface area contributed by atoms with Crippen molar-refractivity contribution < 1.29 is 30.0 Å². The number of hydrogen-bond acceptors (Lipinski definition) is 5. The fourth-order valence-electron chi connectivity index (χ4n) is 2.90. The van der Waals surface area contributed by atoms with Crippen LogP contribution in [0.1, 0.15) is 64.7 Å². The monoisotopic (exact) mass is 344 g/mol. The van der Waals surface area contributed by atoms with Gasteiger partial charge in [-0.05, 0) is 19.3 Å². The molecule has 1 fully saturated rings. The van der Waals surface area contributed by atoms with E-state index in [1.807, 2.05) is 6.92 Å². The fourth-order valence-corrected chi connectivity index (χ4v) is 2.90. The third-order valence-corrected chi connectivity index (χ3v) is 4.45. The van der Waals surface area contributed by atoms with Crippen molar-refractivity contribution in [2.45, 2.75) is 95.2 Å². The lowest BCUT2D eigenvalue weighted by Crippen LogP contribution is -2.25. The second kappa shape index (κ2) is 11.6. The molecule has 0 radical (unpaired) electrons. The van der Waals surface area contributed by atoms with Crippen LogP contribution in [0.2, 0.25) is 0 Å². The lowest BCUT2D eigenvalue weighted by molar-refractivity contribution is -0.137. The topological polar surface area (TPSA) is 107 Å². The van der Waals surface area contributed by atoms with E-state index < -0.39 is 30.4 Å². The van der Waals surface area contributed by atoms with Gasteiger partial charge in [0.25, 0.3) is 0 Å². The van der Waals surface area contributed by atoms with Crippen molar-refractivity contribution in [2.75, 3.05) is 0 Å². The Morgan fingerprint density at radius 2 is 1.88 bits per heavy atom. The zero-order chi connectivity index (χ0) is 17.9. The van der Waals surface area contributed by atoms with E-state index in [-0.39, 0.29) is 12.5 Å². The number of unbranched alkanes of at least 4 members (excludes halogenated alkanes) is 4. The molecule has 0 aromatic heterocycles. The van der Waals surface area contributed by atoms with Gasteiger partial charge in [0.1, 0.15) is 6.10 Å². The molecule has 5 atom stereocenters. The summed E-state index contributed by atoms with van der Waals surface area (Å²) in [6.07, 6.45) is 7.04. The summed E-state index contributed by atoms with van der Waals surface area (Å²) >= 11 is 0. The zero-order valence-electron chi connectivity index (χ0n) is 14.5. The van der Waals surface area contributed by atoms with Gasteiger partial charge in [-0.15, -0.1) is 0 Å². The summed E-state index contributed by atoms with van der Waals surface area (Å²) in [7, 11) is 0. The highest BCUT2D eigenvalue weighted by atomic mass is 16.5. The van der Waals surface area contributed by atoms with E-state index in [1.165, 1.54) is 0 Å². The van der Waals surface area contributed by atoms with Crippen molar-refractivity contribution >= 4 is 5.97 Å². The summed E-state index contributed by atoms with van der Waals surface area (Å²) < 4.78 is 5.62. The van der Waals surface area contributed by atoms with Crippen molar-refractivity contribution in [3.05, 3.63) is 12.2 Å². The minimum absolute atomic E-state index is 0.225. The first-order valence-corrected chi connectivity index (χ1v) is 9.03. The molecule has 0 aromatic rings. The van der Waals surface area contributed by atoms with Crippen LogP contribution in [0.5, 0.6) is 0 Å². The highest BCUT2D eigenvalue weighted by Gasteiger charge is 2.35. The smallest absolute Gasteiger partial charge is 0.303 e. The van der Waals surface area contributed by atoms with E-state index in [1.54, 1.807) is 12.2 Å². The first kappa shape index (κ1) is 21.1. The van der Waals surface area contributed by atoms with Crippen molar-refractivity contribution in [3.63, 3.8) is 0 Å². The Balaban J connectivity index is 2.15. The Labute approximate surface area is 144 Å². The van der Waals surface area contributed by atoms with Crippen LogP contribution in [0, 0.1) is 0 Å². The van der Waals surface area contributed by atoms with E-state index >= 15 is 0 Å². The van der Waals surface area contributed by atoms with E-state index in [2.05, 4.69) is 0 Å². The quantitative estimate of drug-likeness (QED) is 0.319. The van der Waals surface area contributed by atoms with Gasteiger partial charge in [-0.2, -0.15) is 0 Å². The fraction of sp³-hybridized carbons (Fsp3) is 0.833. The second-order valence-electron chi connectivity index (χ2n) is 6.57. The van der Waals surface area contributed by atoms with Crippen LogP contribution in [-0.4, -0.2) is 56.9 Å². The Morgan fingerprint density at radius 1 is 1.21 bits per heavy atom. The highest BCUT2D eigenvalue weighted by Crippen LogP contribution is 2.25. The minimum atomic E-state index is -0.749. The summed E-state index contributed by atoms with van der Waals surface area (Å²) in [6.45, 7) is 1.87. The van der Waals surface area contributed by atoms with Gasteiger partial charge in [-0.3, -0.25) is 4.79 Å². The number of carboxylic acid groups (broad SMARTS) is 1. The molecule has 1 saturated heterocycles. The number of carbonyl (C=O) groups is 1. The summed E-state index contributed by atoms with van der Waals surface area (Å²) in [5.74, 6) is -0.749. The van der Waals surface area contributed by atoms with Crippen LogP contribution < -0.4 is 0 Å². The molecule has 140 valence electrons. The molecule has 1 rings (SSSR count). The Kier molecular flexibility index (Phi) is 10.2. The molecule has 0 aromatic carbocycles. The number of hydrogen-bond donors (Lipinski definition) is 4. The first-order chi connectivity index (χ1) is 11.4. The van der Waals surface area contributed by atoms with Gasteiger partial charge < -0.3 is 25.2 Å². The summed E-state index contributed by atoms with van der Waals surface area (Å²) in [5, 5.41) is 38.2. The number of aliphatic hydroxyl groups is 3. The maximum atomic E-state index is 10.4. The predicted molar refractivity (Wildman–Crippen MR) is 90.7 cm³/mol. The van der Waals surface area contributed by atoms with Crippen LogP contribution in [0.3, 0.4) is 0 Å². The third kappa shape index (κ3) is 8.24. The maximum absolute atomic E-state index is 10.4. The second-order valence-corrected chi connectivity index (χ2v) is 6.57. The highest BCUT2D eigenvalue weighted by molar-refractivity contribution is 5.66. The molecule has 6 nitrogen and oxygen atoms in total. The predicted octanol–water partition coefficient (Wildman–Crippen LogP) is 2.01. The minimum Gasteiger partial charge on any atom is -0.481 e. The van der Waals surface area contributed by atoms with E-state index in [4.69, 9.17) is 9.84 Å². The van der Waals surface area contributed by atoms with Crippen molar-refractivity contribution in [2.24, 2.45) is 0 Å². The zero-order valence-corrected chi connectivity index (χ0v) is 14.5. The Morgan fingerprint density at radius 3 is 2.54 bits per heavy atom. The normalized spacial score (nSPS) is 26.8. The van der Waals surface area contributed by atoms with Gasteiger partial charge in [0.05, 0.1) is 24.4 Å². The molecule has 1 heterocycles. The lowest BCUT2D eigenvalue weighted by Gasteiger charge is -2.16. The average molecular weight is 344 g/mol. The molecule has 0 amide bonds. The molecule has 1 aliphatic rings. The largest absolute Gasteiger partial charge is 0.481 e. The Hall–Kier alpha value is -0.950. The molecule has 24 heavy (non-hydrogen) atoms. The standard InChI is InChI=1S/C18H32O6/c1-2-14(20)17-12-15(21)16(24-17)11-10-13(19)8-6-4-3-5-7-9-18(22)23/h10-11,13-17,19-21H,2-9,12H2,1H3,(H,22,23)/b11-10+/t13-,14+,15+,16+,17+/m0/s1. The molecule has 0 bridgehead atoms. The van der Waals surface area contributed by atoms with Gasteiger partial charge in [-0.25, -0.2) is 0 Å². The Bertz CT molecular complexity index is 384. The number of aliphatic carboxylic acids is 1. The lowest BCUT2D eigenvalue weighted by atomic mass is 10.0. The van der Waals surface area contributed by atoms with E-state index in [0.29, 0.717) is 25.7 Å². The molecule has 0 spiro atoms. The summed E-state index contributed by atoms with van der Waals surface area (Å²) in [5.41, 5.74) is 0. The van der Waals surface area contributed by atoms with Crippen molar-refractivity contribution in [3.8, 4) is 0 Å². The van der Waals surface area contributed by atoms with E-state index in [0.717, 1.165) is 25.7 Å². The summed E-state index contributed by atoms with van der Waals surface area (Å²) in [6, 6.07) is 0. The van der Waals surface area contributed by atoms with Crippen LogP contribution in [0.4, 0.5) is 0 Å². The van der Waals surface area contributed by atoms with Crippen LogP contribution in [0.15, 0.2) is 12.2 Å². The molecule has 0 saturated carbocycles. The van der Waals surface area contributed by atoms with Gasteiger partial charge >= 0.3 is 5.97 Å². The van der Waals surface area contributed by atoms with Crippen molar-refractivity contribution in [1.29, 1.82) is 0 Å². The average Bonchev–Trinajstić information content (AvgIpc) is 2.92. The van der Waals surface area contributed by atoms with Gasteiger partial charge in [0.15, 0.2) is 0 Å². The van der Waals surface area contributed by atoms with Gasteiger partial charge in [0.2, 0.25) is 0 Å². The number of carboxylic acids is 1. The molecular weight excluding hydrogens is 312 g/mol. The molecular formula is C18H32O6. The number of ether oxygens (including phenoxy) is 1. The first-order valence-electron chi connectivity index (χ1n) is 9.03. The van der Waals surface area contributed by atoms with E-state index in [9.17, 15) is 20.1 Å². The molecule has 6 heteroatoms. The molecule has 0 unspecified atom stereocenters. The number of rotatable bonds is 12. The van der Waals surface area contributed by atoms with Crippen LogP contribution in [-0.2, 0) is 9.53 Å². The molecule has 1 aliphatic heterocycles. The van der Waals surface area contributed by atoms with Crippen LogP contribution in [0.25, 0.3) is 0 Å². The third-order valence-electron chi connectivity index (χ3n) is 4.45. The SMILES string of the molecule is CC[C@@H](O)[C@H]1C[C@@H](O)[C@@H](/C=C/[C@@H](O)CCCCCCCC(=O)O)O1. The number of aliphatic hydroxyl groups excluding tert-OH is 3. The van der Waals surface area contributed by atoms with Gasteiger partial charge in [-0.1, -0.05) is 44.8 Å². The van der Waals surface area contributed by atoms with Gasteiger partial charge in [0, 0.05) is 12.8 Å². The maximum Gasteiger partial charge on any atom is 0.303 e. The molecule has 4 N–H and O–H groups in total. The summed E-state index contributed by atoms with van der Waals surface area (Å²) in [4.78, 5) is 10.4.